The summed E-state index contributed by atoms with van der Waals surface area (Å²) < 4.78 is 43.2. The van der Waals surface area contributed by atoms with E-state index in [0.29, 0.717) is 11.1 Å². The normalized spacial score (nSPS) is 11.8. The van der Waals surface area contributed by atoms with Crippen molar-refractivity contribution in [2.45, 2.75) is 5.75 Å². The summed E-state index contributed by atoms with van der Waals surface area (Å²) in [5.41, 5.74) is 1.25. The zero-order valence-corrected chi connectivity index (χ0v) is 14.2. The minimum absolute atomic E-state index is 0.0763. The molecular formula is C16H14BrFO3S. The Bertz CT molecular complexity index is 784. The molecule has 0 heterocycles. The first-order chi connectivity index (χ1) is 10.4. The van der Waals surface area contributed by atoms with Crippen molar-refractivity contribution in [2.75, 3.05) is 7.11 Å². The fourth-order valence-corrected chi connectivity index (χ4v) is 3.21. The Morgan fingerprint density at radius 2 is 1.86 bits per heavy atom. The molecule has 0 bridgehead atoms. The summed E-state index contributed by atoms with van der Waals surface area (Å²) in [5, 5.41) is 1.13. The Labute approximate surface area is 137 Å². The number of rotatable bonds is 5. The Morgan fingerprint density at radius 3 is 2.50 bits per heavy atom. The van der Waals surface area contributed by atoms with Crippen molar-refractivity contribution in [3.8, 4) is 5.75 Å². The Balaban J connectivity index is 2.15. The van der Waals surface area contributed by atoms with Crippen molar-refractivity contribution in [2.24, 2.45) is 0 Å². The summed E-state index contributed by atoms with van der Waals surface area (Å²) in [6, 6.07) is 11.2. The van der Waals surface area contributed by atoms with Gasteiger partial charge in [-0.05, 0) is 41.5 Å². The molecule has 0 atom stereocenters. The van der Waals surface area contributed by atoms with E-state index in [4.69, 9.17) is 4.74 Å². The van der Waals surface area contributed by atoms with E-state index in [1.165, 1.54) is 31.4 Å². The number of halogens is 2. The van der Waals surface area contributed by atoms with Crippen LogP contribution in [0.25, 0.3) is 6.08 Å². The molecule has 2 aromatic carbocycles. The molecule has 0 radical (unpaired) electrons. The van der Waals surface area contributed by atoms with E-state index < -0.39 is 15.7 Å². The monoisotopic (exact) mass is 384 g/mol. The second-order valence-corrected chi connectivity index (χ2v) is 7.43. The van der Waals surface area contributed by atoms with Crippen molar-refractivity contribution < 1.29 is 17.5 Å². The highest BCUT2D eigenvalue weighted by Gasteiger charge is 2.08. The highest BCUT2D eigenvalue weighted by atomic mass is 79.9. The standard InChI is InChI=1S/C16H14BrFO3S/c1-21-16-10-12(4-7-15(16)18)8-9-22(19,20)11-13-2-5-14(17)6-3-13/h2-10H,11H2,1H3/b9-8+. The summed E-state index contributed by atoms with van der Waals surface area (Å²) >= 11 is 3.30. The van der Waals surface area contributed by atoms with Gasteiger partial charge in [0.05, 0.1) is 12.9 Å². The largest absolute Gasteiger partial charge is 0.494 e. The molecule has 0 aliphatic rings. The molecule has 0 saturated heterocycles. The number of methoxy groups -OCH3 is 1. The number of hydrogen-bond donors (Lipinski definition) is 0. The molecule has 0 aliphatic carbocycles. The molecule has 0 aliphatic heterocycles. The van der Waals surface area contributed by atoms with Crippen LogP contribution in [0.4, 0.5) is 4.39 Å². The Morgan fingerprint density at radius 1 is 1.18 bits per heavy atom. The Kier molecular flexibility index (Phi) is 5.37. The van der Waals surface area contributed by atoms with Gasteiger partial charge in [0.15, 0.2) is 21.4 Å². The lowest BCUT2D eigenvalue weighted by molar-refractivity contribution is 0.386. The molecule has 0 fully saturated rings. The second kappa shape index (κ2) is 7.07. The first-order valence-corrected chi connectivity index (χ1v) is 8.89. The quantitative estimate of drug-likeness (QED) is 0.776. The number of hydrogen-bond acceptors (Lipinski definition) is 3. The predicted octanol–water partition coefficient (Wildman–Crippen LogP) is 4.18. The molecule has 6 heteroatoms. The van der Waals surface area contributed by atoms with Gasteiger partial charge in [-0.3, -0.25) is 0 Å². The van der Waals surface area contributed by atoms with Crippen LogP contribution in [0, 0.1) is 5.82 Å². The Hall–Kier alpha value is -1.66. The van der Waals surface area contributed by atoms with Gasteiger partial charge in [0.2, 0.25) is 0 Å². The minimum atomic E-state index is -3.41. The van der Waals surface area contributed by atoms with Gasteiger partial charge in [-0.1, -0.05) is 34.1 Å². The molecular weight excluding hydrogens is 371 g/mol. The van der Waals surface area contributed by atoms with Crippen LogP contribution >= 0.6 is 15.9 Å². The van der Waals surface area contributed by atoms with Gasteiger partial charge in [-0.15, -0.1) is 0 Å². The van der Waals surface area contributed by atoms with Crippen LogP contribution < -0.4 is 4.74 Å². The number of ether oxygens (including phenoxy) is 1. The zero-order valence-electron chi connectivity index (χ0n) is 11.8. The van der Waals surface area contributed by atoms with Crippen LogP contribution in [-0.2, 0) is 15.6 Å². The van der Waals surface area contributed by atoms with Crippen molar-refractivity contribution in [3.63, 3.8) is 0 Å². The smallest absolute Gasteiger partial charge is 0.175 e. The molecule has 116 valence electrons. The van der Waals surface area contributed by atoms with Crippen molar-refractivity contribution in [1.82, 2.24) is 0 Å². The molecule has 0 amide bonds. The van der Waals surface area contributed by atoms with Gasteiger partial charge in [0, 0.05) is 9.88 Å². The third kappa shape index (κ3) is 4.68. The van der Waals surface area contributed by atoms with E-state index in [9.17, 15) is 12.8 Å². The van der Waals surface area contributed by atoms with Gasteiger partial charge in [-0.2, -0.15) is 0 Å². The molecule has 22 heavy (non-hydrogen) atoms. The highest BCUT2D eigenvalue weighted by Crippen LogP contribution is 2.20. The molecule has 0 aromatic heterocycles. The van der Waals surface area contributed by atoms with E-state index in [0.717, 1.165) is 9.88 Å². The van der Waals surface area contributed by atoms with Crippen LogP contribution in [0.2, 0.25) is 0 Å². The van der Waals surface area contributed by atoms with Crippen LogP contribution in [-0.4, -0.2) is 15.5 Å². The van der Waals surface area contributed by atoms with Crippen LogP contribution in [0.5, 0.6) is 5.75 Å². The maximum absolute atomic E-state index is 13.3. The van der Waals surface area contributed by atoms with Gasteiger partial charge >= 0.3 is 0 Å². The van der Waals surface area contributed by atoms with Gasteiger partial charge in [-0.25, -0.2) is 12.8 Å². The summed E-state index contributed by atoms with van der Waals surface area (Å²) in [6.45, 7) is 0. The third-order valence-corrected chi connectivity index (χ3v) is 4.74. The van der Waals surface area contributed by atoms with Crippen molar-refractivity contribution in [3.05, 3.63) is 69.3 Å². The molecule has 0 N–H and O–H groups in total. The summed E-state index contributed by atoms with van der Waals surface area (Å²) in [5.74, 6) is -0.500. The maximum Gasteiger partial charge on any atom is 0.175 e. The molecule has 0 spiro atoms. The van der Waals surface area contributed by atoms with E-state index in [2.05, 4.69) is 15.9 Å². The molecule has 2 rings (SSSR count). The van der Waals surface area contributed by atoms with Gasteiger partial charge in [0.25, 0.3) is 0 Å². The third-order valence-electron chi connectivity index (χ3n) is 2.92. The van der Waals surface area contributed by atoms with Gasteiger partial charge < -0.3 is 4.74 Å². The average molecular weight is 385 g/mol. The average Bonchev–Trinajstić information content (AvgIpc) is 2.49. The molecule has 0 unspecified atom stereocenters. The van der Waals surface area contributed by atoms with E-state index >= 15 is 0 Å². The fourth-order valence-electron chi connectivity index (χ4n) is 1.82. The van der Waals surface area contributed by atoms with Crippen LogP contribution in [0.15, 0.2) is 52.3 Å². The number of sulfone groups is 1. The lowest BCUT2D eigenvalue weighted by Gasteiger charge is -2.03. The fraction of sp³-hybridized carbons (Fsp3) is 0.125. The molecule has 3 nitrogen and oxygen atoms in total. The number of benzene rings is 2. The van der Waals surface area contributed by atoms with Crippen LogP contribution in [0.3, 0.4) is 0 Å². The predicted molar refractivity (Wildman–Crippen MR) is 88.8 cm³/mol. The molecule has 2 aromatic rings. The van der Waals surface area contributed by atoms with Crippen molar-refractivity contribution >= 4 is 31.8 Å². The van der Waals surface area contributed by atoms with Crippen LogP contribution in [0.1, 0.15) is 11.1 Å². The van der Waals surface area contributed by atoms with Gasteiger partial charge in [0.1, 0.15) is 0 Å². The summed E-state index contributed by atoms with van der Waals surface area (Å²) in [4.78, 5) is 0. The SMILES string of the molecule is COc1cc(/C=C/S(=O)(=O)Cc2ccc(Br)cc2)ccc1F. The molecule has 0 saturated carbocycles. The van der Waals surface area contributed by atoms with Crippen molar-refractivity contribution in [1.29, 1.82) is 0 Å². The first kappa shape index (κ1) is 16.7. The van der Waals surface area contributed by atoms with E-state index in [1.54, 1.807) is 24.3 Å². The first-order valence-electron chi connectivity index (χ1n) is 6.38. The summed E-state index contributed by atoms with van der Waals surface area (Å²) in [6.07, 6.45) is 1.43. The summed E-state index contributed by atoms with van der Waals surface area (Å²) in [7, 11) is -2.05. The van der Waals surface area contributed by atoms with E-state index in [1.807, 2.05) is 0 Å². The second-order valence-electron chi connectivity index (χ2n) is 4.63. The topological polar surface area (TPSA) is 43.4 Å². The highest BCUT2D eigenvalue weighted by molar-refractivity contribution is 9.10. The zero-order chi connectivity index (χ0) is 16.2. The maximum atomic E-state index is 13.3. The minimum Gasteiger partial charge on any atom is -0.494 e. The van der Waals surface area contributed by atoms with E-state index in [-0.39, 0.29) is 11.5 Å². The lowest BCUT2D eigenvalue weighted by atomic mass is 10.2. The lowest BCUT2D eigenvalue weighted by Crippen LogP contribution is -1.99.